The zero-order valence-electron chi connectivity index (χ0n) is 12.8. The Morgan fingerprint density at radius 3 is 2.52 bits per heavy atom. The zero-order valence-corrected chi connectivity index (χ0v) is 12.8. The summed E-state index contributed by atoms with van der Waals surface area (Å²) < 4.78 is 11.4. The molecule has 2 aromatic rings. The van der Waals surface area contributed by atoms with Crippen LogP contribution in [-0.2, 0) is 0 Å². The Morgan fingerprint density at radius 1 is 1.05 bits per heavy atom. The van der Waals surface area contributed by atoms with Crippen LogP contribution in [0.15, 0.2) is 36.4 Å². The third kappa shape index (κ3) is 2.74. The van der Waals surface area contributed by atoms with Gasteiger partial charge in [-0.2, -0.15) is 0 Å². The Kier molecular flexibility index (Phi) is 3.84. The highest BCUT2D eigenvalue weighted by atomic mass is 16.5. The van der Waals surface area contributed by atoms with Crippen LogP contribution in [0.25, 0.3) is 11.1 Å². The summed E-state index contributed by atoms with van der Waals surface area (Å²) in [6.45, 7) is 6.10. The van der Waals surface area contributed by atoms with Gasteiger partial charge in [-0.15, -0.1) is 0 Å². The van der Waals surface area contributed by atoms with Crippen LogP contribution in [0.4, 0.5) is 0 Å². The van der Waals surface area contributed by atoms with Crippen molar-refractivity contribution in [2.75, 3.05) is 20.2 Å². The summed E-state index contributed by atoms with van der Waals surface area (Å²) >= 11 is 0. The van der Waals surface area contributed by atoms with E-state index in [-0.39, 0.29) is 6.10 Å². The Bertz CT molecular complexity index is 648. The lowest BCUT2D eigenvalue weighted by Crippen LogP contribution is -2.50. The highest BCUT2D eigenvalue weighted by molar-refractivity contribution is 5.71. The Labute approximate surface area is 125 Å². The van der Waals surface area contributed by atoms with Gasteiger partial charge in [0.15, 0.2) is 11.5 Å². The van der Waals surface area contributed by atoms with Crippen LogP contribution in [-0.4, -0.2) is 26.3 Å². The third-order valence-electron chi connectivity index (χ3n) is 4.12. The molecular formula is C18H21NO2. The Hall–Kier alpha value is -2.00. The van der Waals surface area contributed by atoms with Gasteiger partial charge in [-0.05, 0) is 48.2 Å². The lowest BCUT2D eigenvalue weighted by molar-refractivity contribution is 0.137. The summed E-state index contributed by atoms with van der Waals surface area (Å²) in [4.78, 5) is 0. The number of hydrogen-bond acceptors (Lipinski definition) is 3. The van der Waals surface area contributed by atoms with Crippen molar-refractivity contribution in [3.8, 4) is 22.6 Å². The topological polar surface area (TPSA) is 30.5 Å². The summed E-state index contributed by atoms with van der Waals surface area (Å²) in [5, 5.41) is 3.22. The van der Waals surface area contributed by atoms with Gasteiger partial charge in [0, 0.05) is 13.1 Å². The van der Waals surface area contributed by atoms with E-state index in [9.17, 15) is 0 Å². The Balaban J connectivity index is 1.99. The second kappa shape index (κ2) is 5.78. The lowest BCUT2D eigenvalue weighted by atomic mass is 9.97. The molecule has 21 heavy (non-hydrogen) atoms. The molecule has 1 heterocycles. The average Bonchev–Trinajstić information content (AvgIpc) is 2.45. The van der Waals surface area contributed by atoms with Crippen molar-refractivity contribution in [1.29, 1.82) is 0 Å². The quantitative estimate of drug-likeness (QED) is 0.933. The van der Waals surface area contributed by atoms with Crippen molar-refractivity contribution in [3.63, 3.8) is 0 Å². The molecule has 110 valence electrons. The number of nitrogens with one attached hydrogen (secondary N) is 1. The van der Waals surface area contributed by atoms with Gasteiger partial charge in [-0.3, -0.25) is 0 Å². The molecule has 0 atom stereocenters. The van der Waals surface area contributed by atoms with Crippen molar-refractivity contribution in [1.82, 2.24) is 5.32 Å². The zero-order chi connectivity index (χ0) is 14.8. The van der Waals surface area contributed by atoms with Crippen molar-refractivity contribution >= 4 is 0 Å². The van der Waals surface area contributed by atoms with Crippen LogP contribution < -0.4 is 14.8 Å². The van der Waals surface area contributed by atoms with Crippen LogP contribution >= 0.6 is 0 Å². The van der Waals surface area contributed by atoms with E-state index in [1.54, 1.807) is 7.11 Å². The minimum atomic E-state index is 0.243. The third-order valence-corrected chi connectivity index (χ3v) is 4.12. The molecule has 1 saturated heterocycles. The van der Waals surface area contributed by atoms with Crippen LogP contribution in [0.2, 0.25) is 0 Å². The monoisotopic (exact) mass is 283 g/mol. The van der Waals surface area contributed by atoms with Crippen LogP contribution in [0.3, 0.4) is 0 Å². The van der Waals surface area contributed by atoms with E-state index < -0.39 is 0 Å². The molecular weight excluding hydrogens is 262 g/mol. The highest BCUT2D eigenvalue weighted by Crippen LogP contribution is 2.35. The van der Waals surface area contributed by atoms with Crippen LogP contribution in [0, 0.1) is 13.8 Å². The molecule has 1 fully saturated rings. The summed E-state index contributed by atoms with van der Waals surface area (Å²) in [6, 6.07) is 12.5. The number of rotatable bonds is 4. The van der Waals surface area contributed by atoms with Gasteiger partial charge in [0.05, 0.1) is 7.11 Å². The maximum atomic E-state index is 6.02. The first kappa shape index (κ1) is 14.0. The number of aryl methyl sites for hydroxylation is 1. The molecule has 1 aliphatic rings. The molecule has 3 rings (SSSR count). The molecule has 0 unspecified atom stereocenters. The molecule has 3 heteroatoms. The fourth-order valence-electron chi connectivity index (χ4n) is 2.53. The van der Waals surface area contributed by atoms with E-state index >= 15 is 0 Å². The van der Waals surface area contributed by atoms with Crippen molar-refractivity contribution < 1.29 is 9.47 Å². The fraction of sp³-hybridized carbons (Fsp3) is 0.333. The first-order chi connectivity index (χ1) is 10.2. The lowest BCUT2D eigenvalue weighted by Gasteiger charge is -2.28. The summed E-state index contributed by atoms with van der Waals surface area (Å²) in [5.74, 6) is 1.61. The molecule has 0 saturated carbocycles. The second-order valence-corrected chi connectivity index (χ2v) is 5.51. The van der Waals surface area contributed by atoms with Gasteiger partial charge < -0.3 is 14.8 Å². The van der Waals surface area contributed by atoms with Crippen LogP contribution in [0.1, 0.15) is 11.1 Å². The number of hydrogen-bond donors (Lipinski definition) is 1. The SMILES string of the molecule is COc1ccc(-c2cccc(C)c2C)cc1OC1CNC1. The molecule has 0 aliphatic carbocycles. The molecule has 0 spiro atoms. The van der Waals surface area contributed by atoms with Gasteiger partial charge in [0.2, 0.25) is 0 Å². The number of ether oxygens (including phenoxy) is 2. The maximum absolute atomic E-state index is 6.02. The van der Waals surface area contributed by atoms with E-state index in [1.807, 2.05) is 6.07 Å². The summed E-state index contributed by atoms with van der Waals surface area (Å²) in [5.41, 5.74) is 5.02. The van der Waals surface area contributed by atoms with Crippen molar-refractivity contribution in [3.05, 3.63) is 47.5 Å². The Morgan fingerprint density at radius 2 is 1.86 bits per heavy atom. The van der Waals surface area contributed by atoms with E-state index in [0.717, 1.165) is 24.6 Å². The predicted octanol–water partition coefficient (Wildman–Crippen LogP) is 3.33. The van der Waals surface area contributed by atoms with Gasteiger partial charge in [-0.25, -0.2) is 0 Å². The largest absolute Gasteiger partial charge is 0.493 e. The average molecular weight is 283 g/mol. The standard InChI is InChI=1S/C18H21NO2/c1-12-5-4-6-16(13(12)2)14-7-8-17(20-3)18(9-14)21-15-10-19-11-15/h4-9,15,19H,10-11H2,1-3H3. The van der Waals surface area contributed by atoms with Gasteiger partial charge >= 0.3 is 0 Å². The highest BCUT2D eigenvalue weighted by Gasteiger charge is 2.20. The maximum Gasteiger partial charge on any atom is 0.162 e. The van der Waals surface area contributed by atoms with Gasteiger partial charge in [0.1, 0.15) is 6.10 Å². The predicted molar refractivity (Wildman–Crippen MR) is 85.2 cm³/mol. The first-order valence-electron chi connectivity index (χ1n) is 7.31. The summed E-state index contributed by atoms with van der Waals surface area (Å²) in [7, 11) is 1.68. The van der Waals surface area contributed by atoms with E-state index in [4.69, 9.17) is 9.47 Å². The molecule has 0 amide bonds. The molecule has 0 aromatic heterocycles. The molecule has 1 aliphatic heterocycles. The van der Waals surface area contributed by atoms with Gasteiger partial charge in [0.25, 0.3) is 0 Å². The summed E-state index contributed by atoms with van der Waals surface area (Å²) in [6.07, 6.45) is 0.243. The van der Waals surface area contributed by atoms with Crippen molar-refractivity contribution in [2.45, 2.75) is 20.0 Å². The molecule has 2 aromatic carbocycles. The fourth-order valence-corrected chi connectivity index (χ4v) is 2.53. The number of benzene rings is 2. The minimum absolute atomic E-state index is 0.243. The van der Waals surface area contributed by atoms with E-state index in [2.05, 4.69) is 49.5 Å². The van der Waals surface area contributed by atoms with E-state index in [1.165, 1.54) is 22.3 Å². The minimum Gasteiger partial charge on any atom is -0.493 e. The van der Waals surface area contributed by atoms with Crippen LogP contribution in [0.5, 0.6) is 11.5 Å². The molecule has 0 bridgehead atoms. The van der Waals surface area contributed by atoms with Gasteiger partial charge in [-0.1, -0.05) is 24.3 Å². The molecule has 0 radical (unpaired) electrons. The molecule has 1 N–H and O–H groups in total. The smallest absolute Gasteiger partial charge is 0.162 e. The normalized spacial score (nSPS) is 14.6. The first-order valence-corrected chi connectivity index (χ1v) is 7.31. The van der Waals surface area contributed by atoms with Crippen molar-refractivity contribution in [2.24, 2.45) is 0 Å². The second-order valence-electron chi connectivity index (χ2n) is 5.51. The number of methoxy groups -OCH3 is 1. The van der Waals surface area contributed by atoms with E-state index in [0.29, 0.717) is 0 Å². The molecule has 3 nitrogen and oxygen atoms in total.